The number of benzene rings is 3. The van der Waals surface area contributed by atoms with E-state index in [1.807, 2.05) is 0 Å². The highest BCUT2D eigenvalue weighted by Gasteiger charge is 2.61. The lowest BCUT2D eigenvalue weighted by atomic mass is 9.93. The van der Waals surface area contributed by atoms with E-state index in [1.165, 1.54) is 49.6 Å². The average molecular weight is 719 g/mol. The van der Waals surface area contributed by atoms with Crippen molar-refractivity contribution < 1.29 is 57.7 Å². The van der Waals surface area contributed by atoms with Gasteiger partial charge >= 0.3 is 24.2 Å². The zero-order valence-electron chi connectivity index (χ0n) is 24.5. The molecule has 2 amide bonds. The minimum Gasteiger partial charge on any atom is -0.349 e. The van der Waals surface area contributed by atoms with Crippen molar-refractivity contribution in [3.05, 3.63) is 98.6 Å². The fraction of sp³-hybridized carbons (Fsp3) is 0.333. The topological polar surface area (TPSA) is 75.3 Å². The molecule has 0 heterocycles. The number of hydrogen-bond acceptors (Lipinski definition) is 3. The zero-order valence-corrected chi connectivity index (χ0v) is 26.1. The van der Waals surface area contributed by atoms with Gasteiger partial charge in [0.05, 0.1) is 16.1 Å². The highest BCUT2D eigenvalue weighted by atomic mass is 35.5. The first-order valence-electron chi connectivity index (χ1n) is 13.3. The van der Waals surface area contributed by atoms with Gasteiger partial charge in [0.1, 0.15) is 0 Å². The molecule has 0 aromatic heterocycles. The average Bonchev–Trinajstić information content (AvgIpc) is 2.92. The molecule has 1 unspecified atom stereocenters. The molecule has 3 aromatic rings. The second-order valence-corrected chi connectivity index (χ2v) is 12.5. The van der Waals surface area contributed by atoms with Crippen LogP contribution in [0, 0.1) is 6.92 Å². The molecular formula is C30H25ClF10N2O3S. The third-order valence-electron chi connectivity index (χ3n) is 6.72. The lowest BCUT2D eigenvalue weighted by Crippen LogP contribution is -2.37. The molecule has 47 heavy (non-hydrogen) atoms. The number of amides is 2. The molecule has 2 N–H and O–H groups in total. The summed E-state index contributed by atoms with van der Waals surface area (Å²) in [5.74, 6) is -12.9. The van der Waals surface area contributed by atoms with Crippen LogP contribution in [0.5, 0.6) is 0 Å². The van der Waals surface area contributed by atoms with Gasteiger partial charge in [-0.1, -0.05) is 29.8 Å². The van der Waals surface area contributed by atoms with Gasteiger partial charge in [-0.25, -0.2) is 0 Å². The standard InChI is InChI=1S/C30H25ClF10N2O3S/c1-15-9-17(10-18-11-19(27(32,33)29(36,37)38)13-20(12-18)28(34,35)30(39,40)41)7-8-23(15)43-25(44)21-5-4-6-22(31)24(21)26(45)42-16(2)14-47(3)46/h4-9,11-13,16H,10,14H2,1-3H3,(H,42,45)(H,43,44)/t16-,47?/m0/s1. The maximum absolute atomic E-state index is 14.1. The van der Waals surface area contributed by atoms with Crippen molar-refractivity contribution in [3.8, 4) is 0 Å². The van der Waals surface area contributed by atoms with Crippen molar-refractivity contribution >= 4 is 39.9 Å². The lowest BCUT2D eigenvalue weighted by molar-refractivity contribution is -0.292. The molecule has 5 nitrogen and oxygen atoms in total. The molecule has 3 aromatic carbocycles. The highest BCUT2D eigenvalue weighted by Crippen LogP contribution is 2.48. The smallest absolute Gasteiger partial charge is 0.349 e. The van der Waals surface area contributed by atoms with E-state index in [-0.39, 0.29) is 50.8 Å². The number of alkyl halides is 10. The van der Waals surface area contributed by atoms with Crippen LogP contribution in [-0.2, 0) is 29.1 Å². The van der Waals surface area contributed by atoms with E-state index in [0.717, 1.165) is 0 Å². The Morgan fingerprint density at radius 3 is 1.85 bits per heavy atom. The van der Waals surface area contributed by atoms with E-state index in [2.05, 4.69) is 10.6 Å². The molecule has 256 valence electrons. The molecule has 0 aliphatic heterocycles. The largest absolute Gasteiger partial charge is 0.458 e. The van der Waals surface area contributed by atoms with Gasteiger partial charge in [-0.05, 0) is 73.4 Å². The van der Waals surface area contributed by atoms with Gasteiger partial charge in [-0.3, -0.25) is 13.8 Å². The number of nitrogens with one attached hydrogen (secondary N) is 2. The Balaban J connectivity index is 1.94. The van der Waals surface area contributed by atoms with Gasteiger partial charge in [0.15, 0.2) is 0 Å². The third-order valence-corrected chi connectivity index (χ3v) is 8.01. The van der Waals surface area contributed by atoms with Crippen LogP contribution >= 0.6 is 11.6 Å². The minimum atomic E-state index is -6.29. The molecule has 17 heteroatoms. The Hall–Kier alpha value is -3.66. The maximum Gasteiger partial charge on any atom is 0.458 e. The normalized spacial score (nSPS) is 14.0. The summed E-state index contributed by atoms with van der Waals surface area (Å²) >= 11 is 6.20. The van der Waals surface area contributed by atoms with E-state index in [1.54, 1.807) is 6.92 Å². The van der Waals surface area contributed by atoms with E-state index >= 15 is 0 Å². The van der Waals surface area contributed by atoms with Crippen molar-refractivity contribution in [2.24, 2.45) is 0 Å². The van der Waals surface area contributed by atoms with Crippen LogP contribution in [0.15, 0.2) is 54.6 Å². The van der Waals surface area contributed by atoms with Gasteiger partial charge in [-0.2, -0.15) is 43.9 Å². The SMILES string of the molecule is Cc1cc(Cc2cc(C(F)(F)C(F)(F)F)cc(C(F)(F)C(F)(F)F)c2)ccc1NC(=O)c1cccc(Cl)c1C(=O)N[C@@H](C)CS(C)=O. The first-order chi connectivity index (χ1) is 21.5. The molecule has 0 fully saturated rings. The molecule has 0 aliphatic carbocycles. The first kappa shape index (κ1) is 37.8. The predicted molar refractivity (Wildman–Crippen MR) is 156 cm³/mol. The molecular weight excluding hydrogens is 694 g/mol. The number of rotatable bonds is 10. The van der Waals surface area contributed by atoms with Crippen LogP contribution in [0.4, 0.5) is 49.6 Å². The molecule has 2 atom stereocenters. The predicted octanol–water partition coefficient (Wildman–Crippen LogP) is 8.30. The van der Waals surface area contributed by atoms with Crippen molar-refractivity contribution in [3.63, 3.8) is 0 Å². The maximum atomic E-state index is 14.1. The summed E-state index contributed by atoms with van der Waals surface area (Å²) in [4.78, 5) is 26.1. The van der Waals surface area contributed by atoms with Gasteiger partial charge in [0, 0.05) is 45.7 Å². The van der Waals surface area contributed by atoms with Crippen molar-refractivity contribution in [1.82, 2.24) is 5.32 Å². The van der Waals surface area contributed by atoms with Crippen molar-refractivity contribution in [2.45, 2.75) is 50.5 Å². The molecule has 0 spiro atoms. The highest BCUT2D eigenvalue weighted by molar-refractivity contribution is 7.84. The number of halogens is 11. The quantitative estimate of drug-likeness (QED) is 0.207. The number of aryl methyl sites for hydroxylation is 1. The Morgan fingerprint density at radius 2 is 1.36 bits per heavy atom. The number of anilines is 1. The Kier molecular flexibility index (Phi) is 11.1. The number of carbonyl (C=O) groups excluding carboxylic acids is 2. The Morgan fingerprint density at radius 1 is 0.809 bits per heavy atom. The zero-order chi connectivity index (χ0) is 35.7. The summed E-state index contributed by atoms with van der Waals surface area (Å²) in [6.07, 6.45) is -11.8. The van der Waals surface area contributed by atoms with E-state index in [9.17, 15) is 57.7 Å². The molecule has 0 saturated carbocycles. The van der Waals surface area contributed by atoms with Crippen LogP contribution in [0.25, 0.3) is 0 Å². The van der Waals surface area contributed by atoms with Crippen LogP contribution in [-0.4, -0.2) is 46.4 Å². The number of hydrogen-bond donors (Lipinski definition) is 2. The summed E-state index contributed by atoms with van der Waals surface area (Å²) in [6, 6.07) is 7.20. The second-order valence-electron chi connectivity index (χ2n) is 10.6. The van der Waals surface area contributed by atoms with E-state index in [0.29, 0.717) is 0 Å². The summed E-state index contributed by atoms with van der Waals surface area (Å²) in [5.41, 5.74) is -4.74. The lowest BCUT2D eigenvalue weighted by Gasteiger charge is -2.25. The molecule has 0 bridgehead atoms. The summed E-state index contributed by atoms with van der Waals surface area (Å²) in [7, 11) is -1.23. The third kappa shape index (κ3) is 8.63. The second kappa shape index (κ2) is 13.8. The van der Waals surface area contributed by atoms with Gasteiger partial charge < -0.3 is 10.6 Å². The number of carbonyl (C=O) groups is 2. The molecule has 0 aliphatic rings. The molecule has 0 saturated heterocycles. The minimum absolute atomic E-state index is 0.0687. The monoisotopic (exact) mass is 718 g/mol. The summed E-state index contributed by atoms with van der Waals surface area (Å²) in [6.45, 7) is 3.04. The van der Waals surface area contributed by atoms with Crippen molar-refractivity contribution in [2.75, 3.05) is 17.3 Å². The van der Waals surface area contributed by atoms with Gasteiger partial charge in [0.25, 0.3) is 11.8 Å². The van der Waals surface area contributed by atoms with Gasteiger partial charge in [-0.15, -0.1) is 0 Å². The van der Waals surface area contributed by atoms with E-state index < -0.39 is 82.0 Å². The summed E-state index contributed by atoms with van der Waals surface area (Å²) < 4.78 is 146. The Bertz CT molecular complexity index is 1650. The van der Waals surface area contributed by atoms with Crippen molar-refractivity contribution in [1.29, 1.82) is 0 Å². The van der Waals surface area contributed by atoms with Crippen LogP contribution in [0.3, 0.4) is 0 Å². The van der Waals surface area contributed by atoms with Crippen LogP contribution in [0.1, 0.15) is 55.5 Å². The fourth-order valence-corrected chi connectivity index (χ4v) is 5.57. The Labute approximate surface area is 269 Å². The van der Waals surface area contributed by atoms with E-state index in [4.69, 9.17) is 11.6 Å². The van der Waals surface area contributed by atoms with Crippen LogP contribution < -0.4 is 10.6 Å². The van der Waals surface area contributed by atoms with Crippen LogP contribution in [0.2, 0.25) is 5.02 Å². The molecule has 3 rings (SSSR count). The molecule has 0 radical (unpaired) electrons. The summed E-state index contributed by atoms with van der Waals surface area (Å²) in [5, 5.41) is 5.07. The fourth-order valence-electron chi connectivity index (χ4n) is 4.52. The van der Waals surface area contributed by atoms with Gasteiger partial charge in [0.2, 0.25) is 0 Å². The first-order valence-corrected chi connectivity index (χ1v) is 15.4.